The molecule has 0 radical (unpaired) electrons. The topological polar surface area (TPSA) is 98.7 Å². The summed E-state index contributed by atoms with van der Waals surface area (Å²) < 4.78 is 0. The summed E-state index contributed by atoms with van der Waals surface area (Å²) in [4.78, 5) is 36.1. The molecule has 1 fully saturated rings. The highest BCUT2D eigenvalue weighted by molar-refractivity contribution is 5.88. The Balaban J connectivity index is 2.69. The second kappa shape index (κ2) is 7.28. The molecular formula is C14H25N3O4. The first-order chi connectivity index (χ1) is 9.84. The summed E-state index contributed by atoms with van der Waals surface area (Å²) >= 11 is 0. The van der Waals surface area contributed by atoms with Crippen molar-refractivity contribution < 1.29 is 19.5 Å². The quantitative estimate of drug-likeness (QED) is 0.699. The minimum Gasteiger partial charge on any atom is -0.480 e. The van der Waals surface area contributed by atoms with Gasteiger partial charge in [-0.05, 0) is 31.6 Å². The number of amides is 3. The highest BCUT2D eigenvalue weighted by Gasteiger charge is 2.43. The van der Waals surface area contributed by atoms with Gasteiger partial charge >= 0.3 is 12.0 Å². The number of rotatable bonds is 5. The molecule has 3 N–H and O–H groups in total. The van der Waals surface area contributed by atoms with E-state index in [1.165, 1.54) is 19.0 Å². The zero-order valence-electron chi connectivity index (χ0n) is 12.9. The molecule has 0 unspecified atom stereocenters. The number of likely N-dealkylation sites (N-methyl/N-ethyl adjacent to an activating group) is 2. The van der Waals surface area contributed by atoms with Gasteiger partial charge < -0.3 is 20.6 Å². The maximum Gasteiger partial charge on any atom is 0.329 e. The van der Waals surface area contributed by atoms with Gasteiger partial charge in [0.05, 0.1) is 0 Å². The van der Waals surface area contributed by atoms with Crippen molar-refractivity contribution in [3.63, 3.8) is 0 Å². The van der Waals surface area contributed by atoms with Gasteiger partial charge in [-0.15, -0.1) is 0 Å². The monoisotopic (exact) mass is 299 g/mol. The molecule has 1 rings (SSSR count). The molecule has 0 aromatic heterocycles. The predicted octanol–water partition coefficient (Wildman–Crippen LogP) is 0.797. The van der Waals surface area contributed by atoms with Crippen LogP contribution in [0, 0.1) is 5.92 Å². The Morgan fingerprint density at radius 2 is 1.86 bits per heavy atom. The molecule has 1 aliphatic rings. The lowest BCUT2D eigenvalue weighted by molar-refractivity contribution is -0.146. The lowest BCUT2D eigenvalue weighted by Crippen LogP contribution is -2.59. The van der Waals surface area contributed by atoms with Gasteiger partial charge in [-0.25, -0.2) is 9.59 Å². The number of carboxylic acids is 1. The first-order valence-electron chi connectivity index (χ1n) is 7.32. The Bertz CT molecular complexity index is 403. The van der Waals surface area contributed by atoms with Gasteiger partial charge in [0.2, 0.25) is 5.91 Å². The van der Waals surface area contributed by atoms with E-state index in [2.05, 4.69) is 17.6 Å². The molecule has 3 amide bonds. The van der Waals surface area contributed by atoms with Crippen LogP contribution in [0.15, 0.2) is 0 Å². The van der Waals surface area contributed by atoms with Gasteiger partial charge in [-0.1, -0.05) is 13.3 Å². The SMILES string of the molecule is CCC1CCC(NC(=O)N(C)CC(=O)NC)(C(=O)O)CC1. The minimum absolute atomic E-state index is 0.102. The summed E-state index contributed by atoms with van der Waals surface area (Å²) in [5.74, 6) is -0.775. The van der Waals surface area contributed by atoms with E-state index in [-0.39, 0.29) is 12.5 Å². The maximum atomic E-state index is 12.1. The van der Waals surface area contributed by atoms with Crippen LogP contribution in [0.1, 0.15) is 39.0 Å². The van der Waals surface area contributed by atoms with Crippen molar-refractivity contribution in [3.05, 3.63) is 0 Å². The van der Waals surface area contributed by atoms with E-state index < -0.39 is 17.5 Å². The number of urea groups is 1. The molecule has 0 heterocycles. The van der Waals surface area contributed by atoms with Crippen molar-refractivity contribution in [1.82, 2.24) is 15.5 Å². The van der Waals surface area contributed by atoms with E-state index in [9.17, 15) is 19.5 Å². The first-order valence-corrected chi connectivity index (χ1v) is 7.32. The van der Waals surface area contributed by atoms with Gasteiger partial charge in [0.25, 0.3) is 0 Å². The molecule has 120 valence electrons. The lowest BCUT2D eigenvalue weighted by atomic mass is 9.75. The molecule has 1 aliphatic carbocycles. The number of carbonyl (C=O) groups excluding carboxylic acids is 2. The van der Waals surface area contributed by atoms with Crippen molar-refractivity contribution >= 4 is 17.9 Å². The molecule has 0 aliphatic heterocycles. The summed E-state index contributed by atoms with van der Waals surface area (Å²) in [5.41, 5.74) is -1.21. The van der Waals surface area contributed by atoms with Crippen LogP contribution in [0.3, 0.4) is 0 Å². The summed E-state index contributed by atoms with van der Waals surface area (Å²) in [6.07, 6.45) is 3.48. The van der Waals surface area contributed by atoms with Gasteiger partial charge in [0.1, 0.15) is 12.1 Å². The van der Waals surface area contributed by atoms with Crippen molar-refractivity contribution in [2.45, 2.75) is 44.6 Å². The molecule has 0 saturated heterocycles. The molecular weight excluding hydrogens is 274 g/mol. The molecule has 0 bridgehead atoms. The molecule has 21 heavy (non-hydrogen) atoms. The molecule has 7 nitrogen and oxygen atoms in total. The zero-order valence-corrected chi connectivity index (χ0v) is 12.9. The third-order valence-electron chi connectivity index (χ3n) is 4.30. The van der Waals surface area contributed by atoms with Crippen molar-refractivity contribution in [1.29, 1.82) is 0 Å². The lowest BCUT2D eigenvalue weighted by Gasteiger charge is -2.38. The van der Waals surface area contributed by atoms with Crippen LogP contribution < -0.4 is 10.6 Å². The summed E-state index contributed by atoms with van der Waals surface area (Å²) in [7, 11) is 2.96. The molecule has 7 heteroatoms. The largest absolute Gasteiger partial charge is 0.480 e. The fourth-order valence-corrected chi connectivity index (χ4v) is 2.64. The summed E-state index contributed by atoms with van der Waals surface area (Å²) in [5, 5.41) is 14.5. The van der Waals surface area contributed by atoms with Crippen LogP contribution in [0.5, 0.6) is 0 Å². The Morgan fingerprint density at radius 1 is 1.29 bits per heavy atom. The van der Waals surface area contributed by atoms with Crippen LogP contribution in [0.4, 0.5) is 4.79 Å². The van der Waals surface area contributed by atoms with Crippen LogP contribution >= 0.6 is 0 Å². The normalized spacial score (nSPS) is 25.0. The number of carbonyl (C=O) groups is 3. The van der Waals surface area contributed by atoms with E-state index in [1.54, 1.807) is 0 Å². The minimum atomic E-state index is -1.21. The first kappa shape index (κ1) is 17.3. The third kappa shape index (κ3) is 4.34. The Kier molecular flexibility index (Phi) is 5.99. The second-order valence-electron chi connectivity index (χ2n) is 5.70. The van der Waals surface area contributed by atoms with Gasteiger partial charge in [-0.2, -0.15) is 0 Å². The Morgan fingerprint density at radius 3 is 2.29 bits per heavy atom. The van der Waals surface area contributed by atoms with Crippen molar-refractivity contribution in [2.75, 3.05) is 20.6 Å². The second-order valence-corrected chi connectivity index (χ2v) is 5.70. The number of hydrogen-bond acceptors (Lipinski definition) is 3. The number of carboxylic acid groups (broad SMARTS) is 1. The molecule has 0 aromatic carbocycles. The zero-order chi connectivity index (χ0) is 16.0. The van der Waals surface area contributed by atoms with E-state index in [4.69, 9.17) is 0 Å². The van der Waals surface area contributed by atoms with Crippen LogP contribution in [-0.2, 0) is 9.59 Å². The van der Waals surface area contributed by atoms with Crippen LogP contribution in [0.2, 0.25) is 0 Å². The third-order valence-corrected chi connectivity index (χ3v) is 4.30. The highest BCUT2D eigenvalue weighted by atomic mass is 16.4. The van der Waals surface area contributed by atoms with E-state index in [1.807, 2.05) is 0 Å². The average molecular weight is 299 g/mol. The number of nitrogens with zero attached hydrogens (tertiary/aromatic N) is 1. The number of hydrogen-bond donors (Lipinski definition) is 3. The van der Waals surface area contributed by atoms with Crippen LogP contribution in [0.25, 0.3) is 0 Å². The Hall–Kier alpha value is -1.79. The number of aliphatic carboxylic acids is 1. The standard InChI is InChI=1S/C14H25N3O4/c1-4-10-5-7-14(8-6-10,12(19)20)16-13(21)17(3)9-11(18)15-2/h10H,4-9H2,1-3H3,(H,15,18)(H,16,21)(H,19,20). The van der Waals surface area contributed by atoms with Gasteiger partial charge in [-0.3, -0.25) is 4.79 Å². The predicted molar refractivity (Wildman–Crippen MR) is 77.8 cm³/mol. The fourth-order valence-electron chi connectivity index (χ4n) is 2.64. The van der Waals surface area contributed by atoms with E-state index in [0.29, 0.717) is 18.8 Å². The molecule has 0 atom stereocenters. The smallest absolute Gasteiger partial charge is 0.329 e. The fraction of sp³-hybridized carbons (Fsp3) is 0.786. The Labute approximate surface area is 125 Å². The van der Waals surface area contributed by atoms with Crippen LogP contribution in [-0.4, -0.2) is 54.1 Å². The van der Waals surface area contributed by atoms with Gasteiger partial charge in [0.15, 0.2) is 0 Å². The van der Waals surface area contributed by atoms with Gasteiger partial charge in [0, 0.05) is 14.1 Å². The van der Waals surface area contributed by atoms with E-state index in [0.717, 1.165) is 19.3 Å². The average Bonchev–Trinajstić information content (AvgIpc) is 2.47. The molecule has 0 spiro atoms. The summed E-state index contributed by atoms with van der Waals surface area (Å²) in [6.45, 7) is 1.99. The highest BCUT2D eigenvalue weighted by Crippen LogP contribution is 2.34. The molecule has 1 saturated carbocycles. The summed E-state index contributed by atoms with van der Waals surface area (Å²) in [6, 6.07) is -0.532. The van der Waals surface area contributed by atoms with E-state index >= 15 is 0 Å². The van der Waals surface area contributed by atoms with Crippen molar-refractivity contribution in [3.8, 4) is 0 Å². The maximum absolute atomic E-state index is 12.1. The number of nitrogens with one attached hydrogen (secondary N) is 2. The van der Waals surface area contributed by atoms with Crippen molar-refractivity contribution in [2.24, 2.45) is 5.92 Å². The molecule has 0 aromatic rings.